The molecule has 36 heavy (non-hydrogen) atoms. The molecule has 2 aliphatic heterocycles. The number of aromatic nitrogens is 2. The van der Waals surface area contributed by atoms with Gasteiger partial charge >= 0.3 is 6.18 Å². The van der Waals surface area contributed by atoms with E-state index >= 15 is 0 Å². The van der Waals surface area contributed by atoms with Gasteiger partial charge in [0.1, 0.15) is 11.7 Å². The number of pyridine rings is 2. The minimum atomic E-state index is -4.46. The van der Waals surface area contributed by atoms with Gasteiger partial charge in [0.05, 0.1) is 27.9 Å². The number of halogens is 4. The van der Waals surface area contributed by atoms with E-state index in [1.54, 1.807) is 0 Å². The van der Waals surface area contributed by atoms with Gasteiger partial charge in [0.15, 0.2) is 0 Å². The smallest absolute Gasteiger partial charge is 0.388 e. The molecule has 1 N–H and O–H groups in total. The average Bonchev–Trinajstić information content (AvgIpc) is 3.14. The number of hydrogen-bond donors (Lipinski definition) is 1. The van der Waals surface area contributed by atoms with E-state index in [0.717, 1.165) is 66.0 Å². The minimum Gasteiger partial charge on any atom is -0.388 e. The lowest BCUT2D eigenvalue weighted by Crippen LogP contribution is -2.46. The number of aliphatic hydroxyl groups excluding tert-OH is 1. The highest BCUT2D eigenvalue weighted by Gasteiger charge is 2.57. The monoisotopic (exact) mass is 614 g/mol. The van der Waals surface area contributed by atoms with Crippen LogP contribution in [-0.2, 0) is 27.7 Å². The van der Waals surface area contributed by atoms with Crippen LogP contribution in [0.2, 0.25) is 0 Å². The van der Waals surface area contributed by atoms with Gasteiger partial charge in [-0.3, -0.25) is 9.97 Å². The molecule has 1 saturated heterocycles. The second kappa shape index (κ2) is 8.61. The van der Waals surface area contributed by atoms with Crippen molar-refractivity contribution in [2.24, 2.45) is 5.41 Å². The summed E-state index contributed by atoms with van der Waals surface area (Å²) in [6, 6.07) is 2.49. The molecule has 4 atom stereocenters. The van der Waals surface area contributed by atoms with Crippen molar-refractivity contribution in [1.82, 2.24) is 9.97 Å². The van der Waals surface area contributed by atoms with Gasteiger partial charge in [-0.2, -0.15) is 13.2 Å². The largest absolute Gasteiger partial charge is 0.417 e. The first-order valence-electron chi connectivity index (χ1n) is 12.7. The van der Waals surface area contributed by atoms with Crippen LogP contribution in [0.5, 0.6) is 0 Å². The van der Waals surface area contributed by atoms with Gasteiger partial charge in [0, 0.05) is 47.3 Å². The summed E-state index contributed by atoms with van der Waals surface area (Å²) in [6.07, 6.45) is 0.727. The summed E-state index contributed by atoms with van der Waals surface area (Å²) in [7, 11) is 0. The quantitative estimate of drug-likeness (QED) is 0.318. The highest BCUT2D eigenvalue weighted by Crippen LogP contribution is 2.60. The maximum absolute atomic E-state index is 13.2. The Morgan fingerprint density at radius 1 is 1.17 bits per heavy atom. The zero-order chi connectivity index (χ0) is 25.5. The molecule has 4 heterocycles. The molecule has 3 unspecified atom stereocenters. The molecule has 2 aromatic heterocycles. The summed E-state index contributed by atoms with van der Waals surface area (Å²) >= 11 is 2.37. The standard InChI is InChI=1S/C27H30F3IN2O3/c1-14(2)23-21-22(20-17(33-23)10-25(6-3-7-25)11-18(20)34)26(8-9-35-13-19(26)31)36-24(21)16-5-4-15(12-32-16)27(28,29)30/h4-5,12,14,18-19,24,34H,3,6-11,13H2,1-2H3/t18?,19?,24-,26?/m1/s1. The number of alkyl halides is 4. The molecular weight excluding hydrogens is 584 g/mol. The second-order valence-corrected chi connectivity index (χ2v) is 12.7. The lowest BCUT2D eigenvalue weighted by molar-refractivity contribution is -0.138. The Balaban J connectivity index is 1.57. The van der Waals surface area contributed by atoms with Crippen LogP contribution in [0.4, 0.5) is 13.2 Å². The number of aliphatic hydroxyl groups is 1. The van der Waals surface area contributed by atoms with E-state index < -0.39 is 29.5 Å². The number of fused-ring (bicyclic) bond motifs is 4. The number of hydrogen-bond acceptors (Lipinski definition) is 5. The molecule has 0 aromatic carbocycles. The summed E-state index contributed by atoms with van der Waals surface area (Å²) in [5, 5.41) is 11.6. The third-order valence-electron chi connectivity index (χ3n) is 8.63. The minimum absolute atomic E-state index is 0.0275. The first-order chi connectivity index (χ1) is 17.0. The van der Waals surface area contributed by atoms with Crippen LogP contribution >= 0.6 is 22.6 Å². The van der Waals surface area contributed by atoms with Crippen molar-refractivity contribution < 1.29 is 27.8 Å². The van der Waals surface area contributed by atoms with Crippen LogP contribution in [0.25, 0.3) is 0 Å². The van der Waals surface area contributed by atoms with Gasteiger partial charge in [0.2, 0.25) is 0 Å². The van der Waals surface area contributed by atoms with Crippen molar-refractivity contribution in [3.8, 4) is 0 Å². The van der Waals surface area contributed by atoms with Crippen molar-refractivity contribution in [2.75, 3.05) is 13.2 Å². The molecule has 6 rings (SSSR count). The average molecular weight is 614 g/mol. The van der Waals surface area contributed by atoms with Crippen LogP contribution in [0.3, 0.4) is 0 Å². The Labute approximate surface area is 222 Å². The number of rotatable bonds is 2. The zero-order valence-electron chi connectivity index (χ0n) is 20.4. The summed E-state index contributed by atoms with van der Waals surface area (Å²) < 4.78 is 52.4. The van der Waals surface area contributed by atoms with Crippen LogP contribution in [0.15, 0.2) is 18.3 Å². The summed E-state index contributed by atoms with van der Waals surface area (Å²) in [4.78, 5) is 9.40. The third kappa shape index (κ3) is 3.74. The molecule has 2 spiro atoms. The first kappa shape index (κ1) is 25.0. The van der Waals surface area contributed by atoms with Crippen LogP contribution in [-0.4, -0.2) is 32.2 Å². The molecule has 2 aliphatic carbocycles. The SMILES string of the molecule is CC(C)c1nc2c(c3c1[C@@H](c1ccc(C(F)(F)F)cn1)OC31CCOCC1I)C(O)CC1(CCC1)C2. The molecule has 9 heteroatoms. The fourth-order valence-electron chi connectivity index (χ4n) is 6.72. The maximum atomic E-state index is 13.2. The van der Waals surface area contributed by atoms with Gasteiger partial charge in [-0.05, 0) is 49.1 Å². The first-order valence-corrected chi connectivity index (χ1v) is 14.0. The Bertz CT molecular complexity index is 1180. The highest BCUT2D eigenvalue weighted by atomic mass is 127. The molecule has 1 saturated carbocycles. The molecule has 4 aliphatic rings. The van der Waals surface area contributed by atoms with Crippen molar-refractivity contribution >= 4 is 22.6 Å². The van der Waals surface area contributed by atoms with Crippen molar-refractivity contribution in [3.63, 3.8) is 0 Å². The fraction of sp³-hybridized carbons (Fsp3) is 0.630. The Morgan fingerprint density at radius 3 is 2.53 bits per heavy atom. The second-order valence-electron chi connectivity index (χ2n) is 11.2. The lowest BCUT2D eigenvalue weighted by Gasteiger charge is -2.48. The van der Waals surface area contributed by atoms with Crippen LogP contribution in [0.1, 0.15) is 103 Å². The van der Waals surface area contributed by atoms with Crippen molar-refractivity contribution in [3.05, 3.63) is 57.7 Å². The van der Waals surface area contributed by atoms with E-state index in [0.29, 0.717) is 25.3 Å². The molecule has 0 amide bonds. The molecule has 5 nitrogen and oxygen atoms in total. The lowest BCUT2D eigenvalue weighted by atomic mass is 9.58. The van der Waals surface area contributed by atoms with Crippen LogP contribution in [0, 0.1) is 5.41 Å². The molecule has 194 valence electrons. The summed E-state index contributed by atoms with van der Waals surface area (Å²) in [6.45, 7) is 5.18. The Morgan fingerprint density at radius 2 is 1.94 bits per heavy atom. The van der Waals surface area contributed by atoms with E-state index in [4.69, 9.17) is 14.5 Å². The van der Waals surface area contributed by atoms with E-state index in [2.05, 4.69) is 41.4 Å². The van der Waals surface area contributed by atoms with Crippen molar-refractivity contribution in [2.45, 2.75) is 86.2 Å². The van der Waals surface area contributed by atoms with Gasteiger partial charge in [0.25, 0.3) is 0 Å². The van der Waals surface area contributed by atoms with E-state index in [1.165, 1.54) is 12.5 Å². The van der Waals surface area contributed by atoms with Gasteiger partial charge in [-0.1, -0.05) is 42.9 Å². The van der Waals surface area contributed by atoms with Crippen LogP contribution < -0.4 is 0 Å². The summed E-state index contributed by atoms with van der Waals surface area (Å²) in [5.74, 6) is 0.0728. The predicted octanol–water partition coefficient (Wildman–Crippen LogP) is 6.31. The van der Waals surface area contributed by atoms with E-state index in [9.17, 15) is 18.3 Å². The highest BCUT2D eigenvalue weighted by molar-refractivity contribution is 14.1. The molecule has 0 bridgehead atoms. The van der Waals surface area contributed by atoms with E-state index in [-0.39, 0.29) is 15.3 Å². The van der Waals surface area contributed by atoms with Crippen molar-refractivity contribution in [1.29, 1.82) is 0 Å². The maximum Gasteiger partial charge on any atom is 0.417 e. The molecule has 0 radical (unpaired) electrons. The van der Waals surface area contributed by atoms with Gasteiger partial charge < -0.3 is 14.6 Å². The molecular formula is C27H30F3IN2O3. The van der Waals surface area contributed by atoms with E-state index in [1.807, 2.05) is 0 Å². The third-order valence-corrected chi connectivity index (χ3v) is 9.99. The summed E-state index contributed by atoms with van der Waals surface area (Å²) in [5.41, 5.74) is 3.67. The normalized spacial score (nSPS) is 30.9. The fourth-order valence-corrected chi connectivity index (χ4v) is 7.74. The Kier molecular flexibility index (Phi) is 5.98. The predicted molar refractivity (Wildman–Crippen MR) is 135 cm³/mol. The van der Waals surface area contributed by atoms with Gasteiger partial charge in [-0.15, -0.1) is 0 Å². The van der Waals surface area contributed by atoms with Gasteiger partial charge in [-0.25, -0.2) is 0 Å². The zero-order valence-corrected chi connectivity index (χ0v) is 22.5. The topological polar surface area (TPSA) is 64.5 Å². The Hall–Kier alpha value is -1.30. The molecule has 2 aromatic rings. The number of nitrogens with zero attached hydrogens (tertiary/aromatic N) is 2. The number of ether oxygens (including phenoxy) is 2. The molecule has 2 fully saturated rings.